The van der Waals surface area contributed by atoms with E-state index in [4.69, 9.17) is 0 Å². The van der Waals surface area contributed by atoms with Gasteiger partial charge >= 0.3 is 0 Å². The summed E-state index contributed by atoms with van der Waals surface area (Å²) in [5.74, 6) is -0.391. The quantitative estimate of drug-likeness (QED) is 0.729. The Hall–Kier alpha value is -2.86. The molecule has 0 radical (unpaired) electrons. The van der Waals surface area contributed by atoms with Gasteiger partial charge in [0.2, 0.25) is 15.9 Å². The summed E-state index contributed by atoms with van der Waals surface area (Å²) in [5, 5.41) is 4.76. The Morgan fingerprint density at radius 3 is 2.44 bits per heavy atom. The van der Waals surface area contributed by atoms with Crippen LogP contribution in [0.3, 0.4) is 0 Å². The molecular formula is C21H22N2O3S. The smallest absolute Gasteiger partial charge is 0.245 e. The van der Waals surface area contributed by atoms with Crippen molar-refractivity contribution in [3.8, 4) is 0 Å². The number of sulfonamides is 1. The van der Waals surface area contributed by atoms with Crippen molar-refractivity contribution in [1.29, 1.82) is 0 Å². The third-order valence-electron chi connectivity index (χ3n) is 4.38. The summed E-state index contributed by atoms with van der Waals surface area (Å²) in [7, 11) is -3.61. The first-order chi connectivity index (χ1) is 12.8. The lowest BCUT2D eigenvalue weighted by Crippen LogP contribution is -2.38. The molecule has 3 rings (SSSR count). The Morgan fingerprint density at radius 2 is 1.70 bits per heavy atom. The van der Waals surface area contributed by atoms with E-state index in [2.05, 4.69) is 5.32 Å². The molecule has 0 aliphatic carbocycles. The summed E-state index contributed by atoms with van der Waals surface area (Å²) in [6.07, 6.45) is 1.11. The summed E-state index contributed by atoms with van der Waals surface area (Å²) in [6, 6.07) is 18.9. The average molecular weight is 382 g/mol. The molecule has 0 saturated heterocycles. The molecule has 3 aromatic rings. The van der Waals surface area contributed by atoms with Gasteiger partial charge < -0.3 is 5.32 Å². The number of anilines is 2. The first kappa shape index (κ1) is 18.9. The van der Waals surface area contributed by atoms with E-state index in [1.807, 2.05) is 68.4 Å². The largest absolute Gasteiger partial charge is 0.324 e. The van der Waals surface area contributed by atoms with Crippen LogP contribution in [0.15, 0.2) is 60.7 Å². The topological polar surface area (TPSA) is 66.5 Å². The molecular weight excluding hydrogens is 360 g/mol. The summed E-state index contributed by atoms with van der Waals surface area (Å²) in [5.41, 5.74) is 2.90. The number of hydrogen-bond acceptors (Lipinski definition) is 3. The Balaban J connectivity index is 1.90. The molecule has 6 heteroatoms. The number of aryl methyl sites for hydroxylation is 2. The van der Waals surface area contributed by atoms with Crippen molar-refractivity contribution in [2.24, 2.45) is 0 Å². The third kappa shape index (κ3) is 4.28. The van der Waals surface area contributed by atoms with E-state index in [1.165, 1.54) is 0 Å². The minimum atomic E-state index is -3.61. The lowest BCUT2D eigenvalue weighted by Gasteiger charge is -2.24. The van der Waals surface area contributed by atoms with Gasteiger partial charge in [0, 0.05) is 11.1 Å². The minimum absolute atomic E-state index is 0.285. The van der Waals surface area contributed by atoms with Crippen molar-refractivity contribution in [3.63, 3.8) is 0 Å². The van der Waals surface area contributed by atoms with Gasteiger partial charge in [0.25, 0.3) is 0 Å². The van der Waals surface area contributed by atoms with Crippen LogP contribution in [0.4, 0.5) is 11.4 Å². The lowest BCUT2D eigenvalue weighted by atomic mass is 10.1. The molecule has 5 nitrogen and oxygen atoms in total. The van der Waals surface area contributed by atoms with E-state index in [9.17, 15) is 13.2 Å². The molecule has 0 aromatic heterocycles. The van der Waals surface area contributed by atoms with Gasteiger partial charge in [-0.2, -0.15) is 0 Å². The summed E-state index contributed by atoms with van der Waals surface area (Å²) in [6.45, 7) is 3.43. The van der Waals surface area contributed by atoms with Crippen LogP contribution >= 0.6 is 0 Å². The first-order valence-corrected chi connectivity index (χ1v) is 10.4. The van der Waals surface area contributed by atoms with Crippen LogP contribution < -0.4 is 9.62 Å². The Bertz CT molecular complexity index is 1100. The highest BCUT2D eigenvalue weighted by Gasteiger charge is 2.22. The summed E-state index contributed by atoms with van der Waals surface area (Å²) in [4.78, 5) is 12.7. The Morgan fingerprint density at radius 1 is 1.00 bits per heavy atom. The highest BCUT2D eigenvalue weighted by atomic mass is 32.2. The molecule has 0 spiro atoms. The van der Waals surface area contributed by atoms with Gasteiger partial charge in [-0.1, -0.05) is 48.5 Å². The Kier molecular flexibility index (Phi) is 5.19. The van der Waals surface area contributed by atoms with Crippen LogP contribution in [0.5, 0.6) is 0 Å². The zero-order valence-corrected chi connectivity index (χ0v) is 16.4. The van der Waals surface area contributed by atoms with Gasteiger partial charge in [-0.05, 0) is 42.5 Å². The van der Waals surface area contributed by atoms with Crippen molar-refractivity contribution in [1.82, 2.24) is 0 Å². The van der Waals surface area contributed by atoms with Crippen molar-refractivity contribution in [3.05, 3.63) is 71.8 Å². The fourth-order valence-electron chi connectivity index (χ4n) is 3.02. The number of amides is 1. The van der Waals surface area contributed by atoms with Crippen LogP contribution in [-0.2, 0) is 14.8 Å². The fraction of sp³-hybridized carbons (Fsp3) is 0.190. The zero-order valence-electron chi connectivity index (χ0n) is 15.6. The number of carbonyl (C=O) groups is 1. The van der Waals surface area contributed by atoms with E-state index in [0.29, 0.717) is 11.4 Å². The molecule has 1 amide bonds. The molecule has 0 heterocycles. The molecule has 3 aromatic carbocycles. The van der Waals surface area contributed by atoms with Gasteiger partial charge in [0.05, 0.1) is 11.9 Å². The molecule has 0 saturated carbocycles. The van der Waals surface area contributed by atoms with Gasteiger partial charge in [-0.15, -0.1) is 0 Å². The number of nitrogens with zero attached hydrogens (tertiary/aromatic N) is 1. The number of nitrogens with one attached hydrogen (secondary N) is 1. The van der Waals surface area contributed by atoms with Crippen LogP contribution in [0.2, 0.25) is 0 Å². The summed E-state index contributed by atoms with van der Waals surface area (Å²) < 4.78 is 25.8. The van der Waals surface area contributed by atoms with E-state index < -0.39 is 15.9 Å². The van der Waals surface area contributed by atoms with E-state index in [-0.39, 0.29) is 6.54 Å². The molecule has 0 bridgehead atoms. The van der Waals surface area contributed by atoms with Crippen LogP contribution in [0.25, 0.3) is 10.8 Å². The molecule has 0 unspecified atom stereocenters. The maximum atomic E-state index is 12.7. The molecule has 1 N–H and O–H groups in total. The number of hydrogen-bond donors (Lipinski definition) is 1. The number of carbonyl (C=O) groups excluding carboxylic acids is 1. The molecule has 0 aliphatic rings. The highest BCUT2D eigenvalue weighted by molar-refractivity contribution is 7.92. The molecule has 0 aliphatic heterocycles. The number of benzene rings is 3. The second kappa shape index (κ2) is 7.40. The lowest BCUT2D eigenvalue weighted by molar-refractivity contribution is -0.114. The van der Waals surface area contributed by atoms with Crippen LogP contribution in [0, 0.1) is 13.8 Å². The van der Waals surface area contributed by atoms with Gasteiger partial charge in [0.1, 0.15) is 6.54 Å². The maximum absolute atomic E-state index is 12.7. The second-order valence-corrected chi connectivity index (χ2v) is 8.54. The highest BCUT2D eigenvalue weighted by Crippen LogP contribution is 2.25. The first-order valence-electron chi connectivity index (χ1n) is 8.58. The Labute approximate surface area is 159 Å². The molecule has 140 valence electrons. The van der Waals surface area contributed by atoms with Crippen molar-refractivity contribution in [2.45, 2.75) is 13.8 Å². The minimum Gasteiger partial charge on any atom is -0.324 e. The van der Waals surface area contributed by atoms with E-state index in [0.717, 1.165) is 32.5 Å². The van der Waals surface area contributed by atoms with Crippen molar-refractivity contribution < 1.29 is 13.2 Å². The molecule has 0 fully saturated rings. The SMILES string of the molecule is Cc1ccc(C)c(N(CC(=O)Nc2cccc3ccccc23)S(C)(=O)=O)c1. The van der Waals surface area contributed by atoms with Crippen LogP contribution in [-0.4, -0.2) is 27.1 Å². The monoisotopic (exact) mass is 382 g/mol. The number of rotatable bonds is 5. The third-order valence-corrected chi connectivity index (χ3v) is 5.51. The van der Waals surface area contributed by atoms with Crippen molar-refractivity contribution >= 4 is 38.1 Å². The predicted molar refractivity (Wildman–Crippen MR) is 111 cm³/mol. The second-order valence-electron chi connectivity index (χ2n) is 6.63. The predicted octanol–water partition coefficient (Wildman–Crippen LogP) is 3.86. The number of fused-ring (bicyclic) bond motifs is 1. The molecule has 27 heavy (non-hydrogen) atoms. The van der Waals surface area contributed by atoms with Gasteiger partial charge in [-0.3, -0.25) is 9.10 Å². The van der Waals surface area contributed by atoms with E-state index >= 15 is 0 Å². The van der Waals surface area contributed by atoms with Crippen molar-refractivity contribution in [2.75, 3.05) is 22.4 Å². The van der Waals surface area contributed by atoms with Gasteiger partial charge in [0.15, 0.2) is 0 Å². The van der Waals surface area contributed by atoms with E-state index in [1.54, 1.807) is 6.07 Å². The standard InChI is InChI=1S/C21H22N2O3S/c1-15-11-12-16(2)20(13-15)23(27(3,25)26)14-21(24)22-19-10-6-8-17-7-4-5-9-18(17)19/h4-13H,14H2,1-3H3,(H,22,24). The summed E-state index contributed by atoms with van der Waals surface area (Å²) >= 11 is 0. The fourth-order valence-corrected chi connectivity index (χ4v) is 3.93. The van der Waals surface area contributed by atoms with Crippen LogP contribution in [0.1, 0.15) is 11.1 Å². The average Bonchev–Trinajstić information content (AvgIpc) is 2.61. The van der Waals surface area contributed by atoms with Gasteiger partial charge in [-0.25, -0.2) is 8.42 Å². The maximum Gasteiger partial charge on any atom is 0.245 e. The molecule has 0 atom stereocenters. The normalized spacial score (nSPS) is 11.4. The zero-order chi connectivity index (χ0) is 19.6.